The SMILES string of the molecule is Cc1cc(NC(=O)[C@@H](C)SCC(=O)NCc2ccccc2F)no1. The largest absolute Gasteiger partial charge is 0.360 e. The molecule has 8 heteroatoms. The minimum absolute atomic E-state index is 0.0981. The molecule has 2 N–H and O–H groups in total. The number of aryl methyl sites for hydroxylation is 1. The number of halogens is 1. The number of carbonyl (C=O) groups is 2. The average Bonchev–Trinajstić information content (AvgIpc) is 2.96. The summed E-state index contributed by atoms with van der Waals surface area (Å²) < 4.78 is 18.3. The van der Waals surface area contributed by atoms with Gasteiger partial charge in [0.05, 0.1) is 11.0 Å². The maximum Gasteiger partial charge on any atom is 0.238 e. The Balaban J connectivity index is 1.72. The minimum Gasteiger partial charge on any atom is -0.360 e. The van der Waals surface area contributed by atoms with E-state index in [2.05, 4.69) is 15.8 Å². The summed E-state index contributed by atoms with van der Waals surface area (Å²) in [5, 5.41) is 8.46. The highest BCUT2D eigenvalue weighted by Gasteiger charge is 2.16. The number of rotatable bonds is 7. The van der Waals surface area contributed by atoms with E-state index in [1.54, 1.807) is 38.1 Å². The summed E-state index contributed by atoms with van der Waals surface area (Å²) in [6.07, 6.45) is 0. The molecule has 0 fully saturated rings. The first kappa shape index (κ1) is 18.0. The molecule has 0 saturated carbocycles. The third-order valence-corrected chi connectivity index (χ3v) is 4.29. The Morgan fingerprint density at radius 3 is 2.79 bits per heavy atom. The zero-order valence-electron chi connectivity index (χ0n) is 13.3. The second-order valence-electron chi connectivity index (χ2n) is 5.13. The Morgan fingerprint density at radius 1 is 1.38 bits per heavy atom. The minimum atomic E-state index is -0.443. The van der Waals surface area contributed by atoms with Gasteiger partial charge in [0.15, 0.2) is 5.82 Å². The number of nitrogens with one attached hydrogen (secondary N) is 2. The lowest BCUT2D eigenvalue weighted by Crippen LogP contribution is -2.28. The molecular weight excluding hydrogens is 333 g/mol. The molecule has 6 nitrogen and oxygen atoms in total. The van der Waals surface area contributed by atoms with Gasteiger partial charge in [-0.25, -0.2) is 4.39 Å². The second-order valence-corrected chi connectivity index (χ2v) is 6.46. The second kappa shape index (κ2) is 8.49. The number of nitrogens with zero attached hydrogens (tertiary/aromatic N) is 1. The van der Waals surface area contributed by atoms with Crippen molar-refractivity contribution >= 4 is 29.4 Å². The van der Waals surface area contributed by atoms with Gasteiger partial charge in [0.25, 0.3) is 0 Å². The van der Waals surface area contributed by atoms with Crippen LogP contribution in [0.2, 0.25) is 0 Å². The lowest BCUT2D eigenvalue weighted by molar-refractivity contribution is -0.118. The van der Waals surface area contributed by atoms with Gasteiger partial charge >= 0.3 is 0 Å². The van der Waals surface area contributed by atoms with Crippen molar-refractivity contribution in [3.8, 4) is 0 Å². The number of thioether (sulfide) groups is 1. The highest BCUT2D eigenvalue weighted by Crippen LogP contribution is 2.14. The lowest BCUT2D eigenvalue weighted by atomic mass is 10.2. The van der Waals surface area contributed by atoms with Gasteiger partial charge in [-0.3, -0.25) is 9.59 Å². The van der Waals surface area contributed by atoms with E-state index in [9.17, 15) is 14.0 Å². The smallest absolute Gasteiger partial charge is 0.238 e. The number of carbonyl (C=O) groups excluding carboxylic acids is 2. The standard InChI is InChI=1S/C16H18FN3O3S/c1-10-7-14(20-23-10)19-16(22)11(2)24-9-15(21)18-8-12-5-3-4-6-13(12)17/h3-7,11H,8-9H2,1-2H3,(H,18,21)(H,19,20,22)/t11-/m1/s1. The quantitative estimate of drug-likeness (QED) is 0.801. The van der Waals surface area contributed by atoms with Crippen LogP contribution < -0.4 is 10.6 Å². The van der Waals surface area contributed by atoms with Crippen LogP contribution in [0.1, 0.15) is 18.2 Å². The summed E-state index contributed by atoms with van der Waals surface area (Å²) in [5.74, 6) is 0.143. The van der Waals surface area contributed by atoms with Crippen molar-refractivity contribution in [2.45, 2.75) is 25.6 Å². The van der Waals surface area contributed by atoms with Crippen LogP contribution in [0.4, 0.5) is 10.2 Å². The Morgan fingerprint density at radius 2 is 2.12 bits per heavy atom. The molecule has 1 aromatic carbocycles. The fourth-order valence-corrected chi connectivity index (χ4v) is 2.53. The molecule has 0 radical (unpaired) electrons. The van der Waals surface area contributed by atoms with Crippen LogP contribution >= 0.6 is 11.8 Å². The molecule has 0 saturated heterocycles. The van der Waals surface area contributed by atoms with E-state index in [1.807, 2.05) is 0 Å². The number of hydrogen-bond acceptors (Lipinski definition) is 5. The predicted molar refractivity (Wildman–Crippen MR) is 90.0 cm³/mol. The van der Waals surface area contributed by atoms with Crippen molar-refractivity contribution in [1.82, 2.24) is 10.5 Å². The molecule has 0 bridgehead atoms. The van der Waals surface area contributed by atoms with E-state index in [0.29, 0.717) is 17.1 Å². The van der Waals surface area contributed by atoms with Crippen molar-refractivity contribution in [3.63, 3.8) is 0 Å². The maximum absolute atomic E-state index is 13.4. The fraction of sp³-hybridized carbons (Fsp3) is 0.312. The Bertz CT molecular complexity index is 720. The van der Waals surface area contributed by atoms with Crippen molar-refractivity contribution in [2.75, 3.05) is 11.1 Å². The number of amides is 2. The lowest BCUT2D eigenvalue weighted by Gasteiger charge is -2.10. The van der Waals surface area contributed by atoms with Crippen molar-refractivity contribution in [3.05, 3.63) is 47.5 Å². The summed E-state index contributed by atoms with van der Waals surface area (Å²) in [5.41, 5.74) is 0.419. The Kier molecular flexibility index (Phi) is 6.36. The van der Waals surface area contributed by atoms with E-state index in [-0.39, 0.29) is 29.9 Å². The average molecular weight is 351 g/mol. The van der Waals surface area contributed by atoms with Crippen LogP contribution in [0.5, 0.6) is 0 Å². The molecule has 24 heavy (non-hydrogen) atoms. The number of anilines is 1. The third kappa shape index (κ3) is 5.38. The van der Waals surface area contributed by atoms with Crippen LogP contribution in [-0.4, -0.2) is 28.0 Å². The summed E-state index contributed by atoms with van der Waals surface area (Å²) >= 11 is 1.18. The topological polar surface area (TPSA) is 84.2 Å². The number of aromatic nitrogens is 1. The Labute approximate surface area is 143 Å². The molecule has 1 aromatic heterocycles. The summed E-state index contributed by atoms with van der Waals surface area (Å²) in [4.78, 5) is 23.8. The van der Waals surface area contributed by atoms with Crippen molar-refractivity contribution < 1.29 is 18.5 Å². The monoisotopic (exact) mass is 351 g/mol. The predicted octanol–water partition coefficient (Wildman–Crippen LogP) is 2.50. The Hall–Kier alpha value is -2.35. The molecule has 2 amide bonds. The number of benzene rings is 1. The van der Waals surface area contributed by atoms with Gasteiger partial charge in [-0.05, 0) is 19.9 Å². The third-order valence-electron chi connectivity index (χ3n) is 3.15. The highest BCUT2D eigenvalue weighted by atomic mass is 32.2. The van der Waals surface area contributed by atoms with Gasteiger partial charge in [0, 0.05) is 18.2 Å². The molecule has 1 atom stereocenters. The van der Waals surface area contributed by atoms with E-state index in [0.717, 1.165) is 0 Å². The van der Waals surface area contributed by atoms with Crippen LogP contribution in [0.3, 0.4) is 0 Å². The first-order chi connectivity index (χ1) is 11.5. The highest BCUT2D eigenvalue weighted by molar-refractivity contribution is 8.01. The van der Waals surface area contributed by atoms with Crippen LogP contribution in [0.15, 0.2) is 34.9 Å². The molecule has 2 aromatic rings. The molecule has 0 spiro atoms. The van der Waals surface area contributed by atoms with Crippen molar-refractivity contribution in [2.24, 2.45) is 0 Å². The van der Waals surface area contributed by atoms with E-state index in [4.69, 9.17) is 4.52 Å². The summed E-state index contributed by atoms with van der Waals surface area (Å²) in [6, 6.07) is 7.86. The summed E-state index contributed by atoms with van der Waals surface area (Å²) in [6.45, 7) is 3.53. The zero-order valence-corrected chi connectivity index (χ0v) is 14.2. The molecule has 0 unspecified atom stereocenters. The summed E-state index contributed by atoms with van der Waals surface area (Å²) in [7, 11) is 0. The molecule has 0 aliphatic heterocycles. The molecule has 128 valence electrons. The molecular formula is C16H18FN3O3S. The van der Waals surface area contributed by atoms with E-state index in [1.165, 1.54) is 17.8 Å². The van der Waals surface area contributed by atoms with Crippen LogP contribution in [-0.2, 0) is 16.1 Å². The molecule has 0 aliphatic rings. The van der Waals surface area contributed by atoms with Gasteiger partial charge < -0.3 is 15.2 Å². The van der Waals surface area contributed by atoms with E-state index < -0.39 is 5.25 Å². The van der Waals surface area contributed by atoms with Gasteiger partial charge in [-0.1, -0.05) is 23.4 Å². The van der Waals surface area contributed by atoms with Gasteiger partial charge in [-0.15, -0.1) is 11.8 Å². The first-order valence-electron chi connectivity index (χ1n) is 7.31. The van der Waals surface area contributed by atoms with Gasteiger partial charge in [-0.2, -0.15) is 0 Å². The van der Waals surface area contributed by atoms with Gasteiger partial charge in [0.2, 0.25) is 11.8 Å². The molecule has 1 heterocycles. The van der Waals surface area contributed by atoms with Crippen LogP contribution in [0, 0.1) is 12.7 Å². The van der Waals surface area contributed by atoms with E-state index >= 15 is 0 Å². The molecule has 0 aliphatic carbocycles. The first-order valence-corrected chi connectivity index (χ1v) is 8.36. The molecule has 2 rings (SSSR count). The van der Waals surface area contributed by atoms with Gasteiger partial charge in [0.1, 0.15) is 11.6 Å². The maximum atomic E-state index is 13.4. The van der Waals surface area contributed by atoms with Crippen LogP contribution in [0.25, 0.3) is 0 Å². The van der Waals surface area contributed by atoms with Crippen molar-refractivity contribution in [1.29, 1.82) is 0 Å². The normalized spacial score (nSPS) is 11.8. The fourth-order valence-electron chi connectivity index (χ4n) is 1.82. The zero-order chi connectivity index (χ0) is 17.5. The number of hydrogen-bond donors (Lipinski definition) is 2.